The van der Waals surface area contributed by atoms with Crippen LogP contribution in [0.2, 0.25) is 0 Å². The van der Waals surface area contributed by atoms with E-state index in [0.717, 1.165) is 0 Å². The van der Waals surface area contributed by atoms with Crippen molar-refractivity contribution in [2.75, 3.05) is 33.5 Å². The molecule has 0 atom stereocenters. The van der Waals surface area contributed by atoms with E-state index < -0.39 is 10.9 Å². The van der Waals surface area contributed by atoms with Gasteiger partial charge < -0.3 is 18.9 Å². The Bertz CT molecular complexity index is 610. The number of nitrogens with zero attached hydrogens (tertiary/aromatic N) is 1. The number of hydrogen-bond acceptors (Lipinski definition) is 7. The SMILES string of the molecule is CCOc1cc([N+](=O)[O-])c(C(=O)OCC2(C)COC2)cc1OC. The number of ether oxygens (including phenoxy) is 4. The zero-order valence-electron chi connectivity index (χ0n) is 13.3. The number of hydrogen-bond donors (Lipinski definition) is 0. The molecule has 8 heteroatoms. The summed E-state index contributed by atoms with van der Waals surface area (Å²) in [5.41, 5.74) is -0.784. The highest BCUT2D eigenvalue weighted by molar-refractivity contribution is 5.95. The number of esters is 1. The summed E-state index contributed by atoms with van der Waals surface area (Å²) in [6, 6.07) is 2.44. The van der Waals surface area contributed by atoms with Gasteiger partial charge in [-0.05, 0) is 6.92 Å². The maximum atomic E-state index is 12.2. The molecule has 0 saturated carbocycles. The van der Waals surface area contributed by atoms with Crippen molar-refractivity contribution in [2.24, 2.45) is 5.41 Å². The number of carbonyl (C=O) groups is 1. The molecule has 1 aliphatic heterocycles. The molecule has 1 heterocycles. The summed E-state index contributed by atoms with van der Waals surface area (Å²) in [7, 11) is 1.39. The molecule has 23 heavy (non-hydrogen) atoms. The second-order valence-corrected chi connectivity index (χ2v) is 5.59. The Morgan fingerprint density at radius 1 is 1.39 bits per heavy atom. The standard InChI is InChI=1S/C15H19NO7/c1-4-22-13-6-11(16(18)19)10(5-12(13)20-3)14(17)23-9-15(2)7-21-8-15/h5-6H,4,7-9H2,1-3H3. The Balaban J connectivity index is 2.27. The van der Waals surface area contributed by atoms with Gasteiger partial charge in [-0.1, -0.05) is 6.92 Å². The fraction of sp³-hybridized carbons (Fsp3) is 0.533. The average Bonchev–Trinajstić information content (AvgIpc) is 2.50. The molecule has 0 N–H and O–H groups in total. The van der Waals surface area contributed by atoms with E-state index in [1.54, 1.807) is 6.92 Å². The van der Waals surface area contributed by atoms with E-state index in [9.17, 15) is 14.9 Å². The lowest BCUT2D eigenvalue weighted by Crippen LogP contribution is -2.44. The highest BCUT2D eigenvalue weighted by atomic mass is 16.6. The van der Waals surface area contributed by atoms with Crippen molar-refractivity contribution in [2.45, 2.75) is 13.8 Å². The largest absolute Gasteiger partial charge is 0.493 e. The van der Waals surface area contributed by atoms with Crippen molar-refractivity contribution in [3.8, 4) is 11.5 Å². The molecule has 1 aromatic carbocycles. The molecule has 1 saturated heterocycles. The monoisotopic (exact) mass is 325 g/mol. The predicted molar refractivity (Wildman–Crippen MR) is 80.0 cm³/mol. The van der Waals surface area contributed by atoms with Gasteiger partial charge in [-0.2, -0.15) is 0 Å². The average molecular weight is 325 g/mol. The molecule has 0 aliphatic carbocycles. The minimum Gasteiger partial charge on any atom is -0.493 e. The normalized spacial score (nSPS) is 15.4. The van der Waals surface area contributed by atoms with Crippen LogP contribution in [0.3, 0.4) is 0 Å². The molecule has 1 aromatic rings. The lowest BCUT2D eigenvalue weighted by atomic mass is 9.90. The van der Waals surface area contributed by atoms with Crippen LogP contribution in [0.15, 0.2) is 12.1 Å². The quantitative estimate of drug-likeness (QED) is 0.430. The third kappa shape index (κ3) is 3.70. The van der Waals surface area contributed by atoms with Crippen molar-refractivity contribution in [3.05, 3.63) is 27.8 Å². The van der Waals surface area contributed by atoms with Gasteiger partial charge in [0.05, 0.1) is 37.9 Å². The second kappa shape index (κ2) is 6.82. The number of nitro groups is 1. The van der Waals surface area contributed by atoms with Crippen LogP contribution in [-0.2, 0) is 9.47 Å². The number of nitro benzene ring substituents is 1. The maximum absolute atomic E-state index is 12.2. The van der Waals surface area contributed by atoms with E-state index >= 15 is 0 Å². The smallest absolute Gasteiger partial charge is 0.345 e. The fourth-order valence-corrected chi connectivity index (χ4v) is 2.14. The van der Waals surface area contributed by atoms with Crippen molar-refractivity contribution in [1.29, 1.82) is 0 Å². The number of benzene rings is 1. The van der Waals surface area contributed by atoms with Crippen molar-refractivity contribution < 1.29 is 28.7 Å². The zero-order valence-corrected chi connectivity index (χ0v) is 13.3. The summed E-state index contributed by atoms with van der Waals surface area (Å²) in [4.78, 5) is 22.8. The summed E-state index contributed by atoms with van der Waals surface area (Å²) in [5.74, 6) is -0.327. The third-order valence-electron chi connectivity index (χ3n) is 3.45. The molecule has 2 rings (SSSR count). The van der Waals surface area contributed by atoms with Crippen LogP contribution in [0.4, 0.5) is 5.69 Å². The first-order chi connectivity index (χ1) is 10.9. The van der Waals surface area contributed by atoms with E-state index in [2.05, 4.69) is 0 Å². The first-order valence-corrected chi connectivity index (χ1v) is 7.14. The number of carbonyl (C=O) groups excluding carboxylic acids is 1. The molecule has 1 aliphatic rings. The number of rotatable bonds is 7. The van der Waals surface area contributed by atoms with Crippen LogP contribution < -0.4 is 9.47 Å². The van der Waals surface area contributed by atoms with Crippen molar-refractivity contribution in [1.82, 2.24) is 0 Å². The van der Waals surface area contributed by atoms with Gasteiger partial charge in [0, 0.05) is 11.5 Å². The molecule has 8 nitrogen and oxygen atoms in total. The first kappa shape index (κ1) is 17.0. The van der Waals surface area contributed by atoms with Crippen LogP contribution in [-0.4, -0.2) is 44.4 Å². The van der Waals surface area contributed by atoms with Gasteiger partial charge in [0.1, 0.15) is 12.2 Å². The second-order valence-electron chi connectivity index (χ2n) is 5.59. The summed E-state index contributed by atoms with van der Waals surface area (Å²) in [5, 5.41) is 11.2. The summed E-state index contributed by atoms with van der Waals surface area (Å²) >= 11 is 0. The minimum atomic E-state index is -0.772. The van der Waals surface area contributed by atoms with Gasteiger partial charge in [-0.25, -0.2) is 4.79 Å². The van der Waals surface area contributed by atoms with E-state index in [1.807, 2.05) is 6.92 Å². The van der Waals surface area contributed by atoms with Gasteiger partial charge in [0.15, 0.2) is 11.5 Å². The first-order valence-electron chi connectivity index (χ1n) is 7.14. The van der Waals surface area contributed by atoms with Crippen LogP contribution >= 0.6 is 0 Å². The Morgan fingerprint density at radius 3 is 2.57 bits per heavy atom. The molecular weight excluding hydrogens is 306 g/mol. The lowest BCUT2D eigenvalue weighted by molar-refractivity contribution is -0.385. The number of methoxy groups -OCH3 is 1. The van der Waals surface area contributed by atoms with Gasteiger partial charge >= 0.3 is 5.97 Å². The molecule has 0 spiro atoms. The van der Waals surface area contributed by atoms with Gasteiger partial charge in [0.2, 0.25) is 0 Å². The van der Waals surface area contributed by atoms with E-state index in [-0.39, 0.29) is 34.8 Å². The van der Waals surface area contributed by atoms with Crippen LogP contribution in [0.1, 0.15) is 24.2 Å². The van der Waals surface area contributed by atoms with Crippen LogP contribution in [0.25, 0.3) is 0 Å². The Morgan fingerprint density at radius 2 is 2.09 bits per heavy atom. The van der Waals surface area contributed by atoms with Crippen molar-refractivity contribution in [3.63, 3.8) is 0 Å². The Hall–Kier alpha value is -2.35. The van der Waals surface area contributed by atoms with E-state index in [1.165, 1.54) is 19.2 Å². The highest BCUT2D eigenvalue weighted by Crippen LogP contribution is 2.35. The molecule has 0 unspecified atom stereocenters. The lowest BCUT2D eigenvalue weighted by Gasteiger charge is -2.37. The van der Waals surface area contributed by atoms with Crippen LogP contribution in [0.5, 0.6) is 11.5 Å². The topological polar surface area (TPSA) is 97.1 Å². The maximum Gasteiger partial charge on any atom is 0.345 e. The highest BCUT2D eigenvalue weighted by Gasteiger charge is 2.36. The molecule has 0 bridgehead atoms. The summed E-state index contributed by atoms with van der Waals surface area (Å²) in [6.45, 7) is 5.10. The van der Waals surface area contributed by atoms with Gasteiger partial charge in [-0.3, -0.25) is 10.1 Å². The van der Waals surface area contributed by atoms with Crippen molar-refractivity contribution >= 4 is 11.7 Å². The predicted octanol–water partition coefficient (Wildman–Crippen LogP) is 2.20. The van der Waals surface area contributed by atoms with Crippen LogP contribution in [0, 0.1) is 15.5 Å². The molecule has 0 aromatic heterocycles. The molecule has 0 amide bonds. The third-order valence-corrected chi connectivity index (χ3v) is 3.45. The summed E-state index contributed by atoms with van der Waals surface area (Å²) < 4.78 is 20.7. The van der Waals surface area contributed by atoms with E-state index in [0.29, 0.717) is 19.8 Å². The molecule has 126 valence electrons. The van der Waals surface area contributed by atoms with Gasteiger partial charge in [0.25, 0.3) is 5.69 Å². The van der Waals surface area contributed by atoms with E-state index in [4.69, 9.17) is 18.9 Å². The van der Waals surface area contributed by atoms with Gasteiger partial charge in [-0.15, -0.1) is 0 Å². The molecule has 0 radical (unpaired) electrons. The zero-order chi connectivity index (χ0) is 17.0. The molecule has 1 fully saturated rings. The Kier molecular flexibility index (Phi) is 5.05. The molecular formula is C15H19NO7. The fourth-order valence-electron chi connectivity index (χ4n) is 2.14. The minimum absolute atomic E-state index is 0.137. The summed E-state index contributed by atoms with van der Waals surface area (Å²) in [6.07, 6.45) is 0. The Labute approximate surface area is 133 Å².